The number of ether oxygens (including phenoxy) is 2. The van der Waals surface area contributed by atoms with E-state index in [0.29, 0.717) is 5.82 Å². The molecule has 0 spiro atoms. The third-order valence-corrected chi connectivity index (χ3v) is 7.54. The van der Waals surface area contributed by atoms with Crippen molar-refractivity contribution in [1.82, 2.24) is 14.1 Å². The summed E-state index contributed by atoms with van der Waals surface area (Å²) < 4.78 is 15.5. The minimum Gasteiger partial charge on any atom is -0.493 e. The van der Waals surface area contributed by atoms with E-state index >= 15 is 0 Å². The molecule has 0 bridgehead atoms. The van der Waals surface area contributed by atoms with Crippen molar-refractivity contribution in [2.24, 2.45) is 0 Å². The van der Waals surface area contributed by atoms with E-state index in [2.05, 4.69) is 0 Å². The lowest BCUT2D eigenvalue weighted by Gasteiger charge is -2.17. The van der Waals surface area contributed by atoms with Gasteiger partial charge in [0, 0.05) is 17.8 Å². The Kier molecular flexibility index (Phi) is 5.80. The number of hydrogen-bond acceptors (Lipinski definition) is 4. The molecule has 2 aliphatic carbocycles. The fourth-order valence-corrected chi connectivity index (χ4v) is 5.73. The van der Waals surface area contributed by atoms with Gasteiger partial charge in [-0.1, -0.05) is 31.0 Å². The van der Waals surface area contributed by atoms with E-state index in [1.165, 1.54) is 25.7 Å². The van der Waals surface area contributed by atoms with E-state index in [0.717, 1.165) is 59.3 Å². The first-order valence-corrected chi connectivity index (χ1v) is 12.8. The Morgan fingerprint density at radius 3 is 2.26 bits per heavy atom. The highest BCUT2D eigenvalue weighted by atomic mass is 16.5. The van der Waals surface area contributed by atoms with Crippen LogP contribution in [0.5, 0.6) is 11.5 Å². The average Bonchev–Trinajstić information content (AvgIpc) is 3.65. The number of rotatable bonds is 6. The zero-order valence-corrected chi connectivity index (χ0v) is 20.2. The quantitative estimate of drug-likeness (QED) is 0.333. The SMILES string of the molecule is COc1ccc(-c2ccc(-n3c(=O)n(C4CCCC4)c4ccccc43)nc2)cc1OC1CCCC1. The molecule has 2 fully saturated rings. The first kappa shape index (κ1) is 22.0. The minimum atomic E-state index is -0.00459. The summed E-state index contributed by atoms with van der Waals surface area (Å²) in [7, 11) is 1.67. The number of benzene rings is 2. The largest absolute Gasteiger partial charge is 0.493 e. The molecule has 0 amide bonds. The zero-order valence-electron chi connectivity index (χ0n) is 20.2. The van der Waals surface area contributed by atoms with Gasteiger partial charge >= 0.3 is 5.69 Å². The summed E-state index contributed by atoms with van der Waals surface area (Å²) in [5, 5.41) is 0. The molecule has 0 aliphatic heterocycles. The number of methoxy groups -OCH3 is 1. The van der Waals surface area contributed by atoms with Crippen LogP contribution < -0.4 is 15.2 Å². The number of imidazole rings is 1. The van der Waals surface area contributed by atoms with E-state index in [-0.39, 0.29) is 17.8 Å². The van der Waals surface area contributed by atoms with Gasteiger partial charge in [-0.2, -0.15) is 0 Å². The predicted octanol–water partition coefficient (Wildman–Crippen LogP) is 6.30. The molecule has 2 aromatic carbocycles. The highest BCUT2D eigenvalue weighted by Crippen LogP contribution is 2.36. The van der Waals surface area contributed by atoms with Crippen molar-refractivity contribution in [3.63, 3.8) is 0 Å². The molecule has 180 valence electrons. The summed E-state index contributed by atoms with van der Waals surface area (Å²) in [5.74, 6) is 2.16. The molecule has 4 aromatic rings. The van der Waals surface area contributed by atoms with E-state index in [1.54, 1.807) is 11.7 Å². The van der Waals surface area contributed by atoms with Crippen LogP contribution in [0.1, 0.15) is 57.4 Å². The monoisotopic (exact) mass is 469 g/mol. The Hall–Kier alpha value is -3.54. The smallest absolute Gasteiger partial charge is 0.335 e. The van der Waals surface area contributed by atoms with Crippen LogP contribution in [0.4, 0.5) is 0 Å². The van der Waals surface area contributed by atoms with Crippen molar-refractivity contribution in [2.45, 2.75) is 63.5 Å². The van der Waals surface area contributed by atoms with Crippen LogP contribution in [0, 0.1) is 0 Å². The molecule has 2 aliphatic rings. The molecular formula is C29H31N3O3. The van der Waals surface area contributed by atoms with Gasteiger partial charge in [0.15, 0.2) is 11.5 Å². The molecular weight excluding hydrogens is 438 g/mol. The van der Waals surface area contributed by atoms with Crippen molar-refractivity contribution in [3.05, 3.63) is 71.3 Å². The number of nitrogens with zero attached hydrogens (tertiary/aromatic N) is 3. The molecule has 2 aromatic heterocycles. The lowest BCUT2D eigenvalue weighted by molar-refractivity contribution is 0.201. The molecule has 0 unspecified atom stereocenters. The molecule has 0 N–H and O–H groups in total. The van der Waals surface area contributed by atoms with E-state index < -0.39 is 0 Å². The third-order valence-electron chi connectivity index (χ3n) is 7.54. The van der Waals surface area contributed by atoms with Crippen LogP contribution in [-0.4, -0.2) is 27.3 Å². The summed E-state index contributed by atoms with van der Waals surface area (Å²) >= 11 is 0. The van der Waals surface area contributed by atoms with Gasteiger partial charge in [0.1, 0.15) is 5.82 Å². The number of aromatic nitrogens is 3. The molecule has 0 atom stereocenters. The van der Waals surface area contributed by atoms with Gasteiger partial charge in [0.25, 0.3) is 0 Å². The normalized spacial score (nSPS) is 16.8. The lowest BCUT2D eigenvalue weighted by Crippen LogP contribution is -2.26. The summed E-state index contributed by atoms with van der Waals surface area (Å²) in [5.41, 5.74) is 3.87. The first-order valence-electron chi connectivity index (χ1n) is 12.8. The Labute approximate surface area is 205 Å². The molecule has 0 saturated heterocycles. The maximum absolute atomic E-state index is 13.6. The lowest BCUT2D eigenvalue weighted by atomic mass is 10.1. The van der Waals surface area contributed by atoms with E-state index in [1.807, 2.05) is 65.4 Å². The van der Waals surface area contributed by atoms with Crippen LogP contribution in [0.2, 0.25) is 0 Å². The van der Waals surface area contributed by atoms with Crippen LogP contribution in [0.3, 0.4) is 0 Å². The van der Waals surface area contributed by atoms with Gasteiger partial charge < -0.3 is 9.47 Å². The number of fused-ring (bicyclic) bond motifs is 1. The van der Waals surface area contributed by atoms with Gasteiger partial charge in [-0.25, -0.2) is 14.3 Å². The highest BCUT2D eigenvalue weighted by molar-refractivity contribution is 5.78. The first-order chi connectivity index (χ1) is 17.2. The third kappa shape index (κ3) is 4.01. The summed E-state index contributed by atoms with van der Waals surface area (Å²) in [6.07, 6.45) is 11.2. The van der Waals surface area contributed by atoms with Crippen LogP contribution in [-0.2, 0) is 0 Å². The highest BCUT2D eigenvalue weighted by Gasteiger charge is 2.24. The molecule has 35 heavy (non-hydrogen) atoms. The fraction of sp³-hybridized carbons (Fsp3) is 0.379. The summed E-state index contributed by atoms with van der Waals surface area (Å²) in [4.78, 5) is 18.3. The van der Waals surface area contributed by atoms with Crippen molar-refractivity contribution < 1.29 is 9.47 Å². The Bertz CT molecular complexity index is 1390. The molecule has 6 nitrogen and oxygen atoms in total. The second-order valence-corrected chi connectivity index (χ2v) is 9.71. The van der Waals surface area contributed by atoms with Crippen molar-refractivity contribution in [2.75, 3.05) is 7.11 Å². The van der Waals surface area contributed by atoms with Crippen LogP contribution >= 0.6 is 0 Å². The molecule has 2 saturated carbocycles. The Morgan fingerprint density at radius 2 is 1.54 bits per heavy atom. The second kappa shape index (κ2) is 9.25. The number of pyridine rings is 1. The van der Waals surface area contributed by atoms with Crippen LogP contribution in [0.25, 0.3) is 28.0 Å². The summed E-state index contributed by atoms with van der Waals surface area (Å²) in [6, 6.07) is 18.3. The maximum Gasteiger partial charge on any atom is 0.335 e. The Morgan fingerprint density at radius 1 is 0.829 bits per heavy atom. The summed E-state index contributed by atoms with van der Waals surface area (Å²) in [6.45, 7) is 0. The standard InChI is InChI=1S/C29H31N3O3/c1-34-26-16-14-20(18-27(26)35-23-10-4-5-11-23)21-15-17-28(30-19-21)32-25-13-7-6-12-24(25)31(29(32)33)22-8-2-3-9-22/h6-7,12-19,22-23H,2-5,8-11H2,1H3. The van der Waals surface area contributed by atoms with Crippen molar-refractivity contribution >= 4 is 11.0 Å². The molecule has 6 rings (SSSR count). The predicted molar refractivity (Wildman–Crippen MR) is 138 cm³/mol. The van der Waals surface area contributed by atoms with E-state index in [4.69, 9.17) is 14.5 Å². The van der Waals surface area contributed by atoms with Crippen LogP contribution in [0.15, 0.2) is 65.6 Å². The molecule has 0 radical (unpaired) electrons. The zero-order chi connectivity index (χ0) is 23.8. The maximum atomic E-state index is 13.6. The van der Waals surface area contributed by atoms with Gasteiger partial charge in [-0.15, -0.1) is 0 Å². The van der Waals surface area contributed by atoms with Gasteiger partial charge in [-0.05, 0) is 80.5 Å². The average molecular weight is 470 g/mol. The van der Waals surface area contributed by atoms with Crippen molar-refractivity contribution in [1.29, 1.82) is 0 Å². The van der Waals surface area contributed by atoms with E-state index in [9.17, 15) is 4.79 Å². The topological polar surface area (TPSA) is 58.3 Å². The second-order valence-electron chi connectivity index (χ2n) is 9.71. The number of hydrogen-bond donors (Lipinski definition) is 0. The minimum absolute atomic E-state index is 0.00459. The Balaban J connectivity index is 1.36. The van der Waals surface area contributed by atoms with Gasteiger partial charge in [0.2, 0.25) is 0 Å². The molecule has 2 heterocycles. The number of para-hydroxylation sites is 2. The van der Waals surface area contributed by atoms with Crippen molar-refractivity contribution in [3.8, 4) is 28.4 Å². The van der Waals surface area contributed by atoms with Gasteiger partial charge in [0.05, 0.1) is 24.2 Å². The molecule has 6 heteroatoms. The fourth-order valence-electron chi connectivity index (χ4n) is 5.73. The van der Waals surface area contributed by atoms with Gasteiger partial charge in [-0.3, -0.25) is 4.57 Å².